The van der Waals surface area contributed by atoms with Crippen LogP contribution in [-0.4, -0.2) is 18.1 Å². The molecule has 0 bridgehead atoms. The number of hydrogen-bond donors (Lipinski definition) is 1. The lowest BCUT2D eigenvalue weighted by molar-refractivity contribution is -0.142. The number of carbonyl (C=O) groups excluding carboxylic acids is 1. The Balaban J connectivity index is 2.05. The third-order valence-corrected chi connectivity index (χ3v) is 3.34. The van der Waals surface area contributed by atoms with E-state index >= 15 is 0 Å². The predicted octanol–water partition coefficient (Wildman–Crippen LogP) is 2.69. The Kier molecular flexibility index (Phi) is 3.69. The first-order chi connectivity index (χ1) is 8.08. The van der Waals surface area contributed by atoms with Crippen LogP contribution in [0.3, 0.4) is 0 Å². The van der Waals surface area contributed by atoms with Gasteiger partial charge in [-0.1, -0.05) is 29.8 Å². The zero-order chi connectivity index (χ0) is 12.4. The summed E-state index contributed by atoms with van der Waals surface area (Å²) in [7, 11) is 0. The highest BCUT2D eigenvalue weighted by atomic mass is 35.5. The van der Waals surface area contributed by atoms with Gasteiger partial charge in [0.05, 0.1) is 0 Å². The number of esters is 1. The maximum Gasteiger partial charge on any atom is 0.323 e. The molecular weight excluding hydrogens is 238 g/mol. The number of cyclic esters (lactones) is 1. The molecule has 0 radical (unpaired) electrons. The van der Waals surface area contributed by atoms with Crippen LogP contribution in [0.2, 0.25) is 5.02 Å². The summed E-state index contributed by atoms with van der Waals surface area (Å²) in [5.74, 6) is -0.170. The first-order valence-electron chi connectivity index (χ1n) is 5.79. The van der Waals surface area contributed by atoms with Crippen LogP contribution in [0.4, 0.5) is 0 Å². The normalized spacial score (nSPS) is 25.7. The quantitative estimate of drug-likeness (QED) is 0.842. The van der Waals surface area contributed by atoms with Crippen molar-refractivity contribution in [1.82, 2.24) is 5.32 Å². The van der Waals surface area contributed by atoms with Crippen LogP contribution in [0.1, 0.15) is 31.9 Å². The lowest BCUT2D eigenvalue weighted by Crippen LogP contribution is -2.35. The summed E-state index contributed by atoms with van der Waals surface area (Å²) in [6.07, 6.45) is 0.714. The molecule has 1 saturated heterocycles. The Morgan fingerprint density at radius 2 is 2.18 bits per heavy atom. The van der Waals surface area contributed by atoms with E-state index in [1.165, 1.54) is 0 Å². The second-order valence-electron chi connectivity index (χ2n) is 4.45. The number of hydrogen-bond acceptors (Lipinski definition) is 3. The van der Waals surface area contributed by atoms with Gasteiger partial charge in [0.1, 0.15) is 12.1 Å². The van der Waals surface area contributed by atoms with Crippen LogP contribution in [-0.2, 0) is 9.53 Å². The topological polar surface area (TPSA) is 38.3 Å². The lowest BCUT2D eigenvalue weighted by atomic mass is 10.1. The molecular formula is C13H16ClNO2. The van der Waals surface area contributed by atoms with Crippen LogP contribution >= 0.6 is 11.6 Å². The number of ether oxygens (including phenoxy) is 1. The van der Waals surface area contributed by atoms with Gasteiger partial charge in [-0.15, -0.1) is 0 Å². The summed E-state index contributed by atoms with van der Waals surface area (Å²) in [5, 5.41) is 3.97. The van der Waals surface area contributed by atoms with Crippen LogP contribution < -0.4 is 5.32 Å². The average Bonchev–Trinajstić information content (AvgIpc) is 2.58. The van der Waals surface area contributed by atoms with Crippen molar-refractivity contribution in [2.45, 2.75) is 38.5 Å². The number of carbonyl (C=O) groups is 1. The zero-order valence-corrected chi connectivity index (χ0v) is 10.7. The summed E-state index contributed by atoms with van der Waals surface area (Å²) >= 11 is 6.11. The molecule has 1 heterocycles. The summed E-state index contributed by atoms with van der Waals surface area (Å²) in [5.41, 5.74) is 1.00. The fourth-order valence-corrected chi connectivity index (χ4v) is 2.41. The van der Waals surface area contributed by atoms with Crippen molar-refractivity contribution >= 4 is 17.6 Å². The highest BCUT2D eigenvalue weighted by Crippen LogP contribution is 2.24. The number of benzene rings is 1. The van der Waals surface area contributed by atoms with Gasteiger partial charge < -0.3 is 4.74 Å². The first kappa shape index (κ1) is 12.4. The molecule has 4 heteroatoms. The molecule has 1 N–H and O–H groups in total. The van der Waals surface area contributed by atoms with Crippen molar-refractivity contribution in [2.24, 2.45) is 0 Å². The zero-order valence-electron chi connectivity index (χ0n) is 9.94. The molecule has 0 spiro atoms. The van der Waals surface area contributed by atoms with E-state index in [-0.39, 0.29) is 24.2 Å². The Morgan fingerprint density at radius 3 is 2.76 bits per heavy atom. The van der Waals surface area contributed by atoms with Gasteiger partial charge in [-0.25, -0.2) is 0 Å². The Labute approximate surface area is 106 Å². The maximum absolute atomic E-state index is 11.5. The standard InChI is InChI=1S/C13H16ClNO2/c1-8-7-12(13(16)17-8)15-9(2)10-5-3-4-6-11(10)14/h3-6,8-9,12,15H,7H2,1-2H3/t8-,9-,12-/m1/s1. The van der Waals surface area contributed by atoms with Crippen LogP contribution in [0.25, 0.3) is 0 Å². The third-order valence-electron chi connectivity index (χ3n) is 2.99. The second-order valence-corrected chi connectivity index (χ2v) is 4.85. The molecule has 3 nitrogen and oxygen atoms in total. The summed E-state index contributed by atoms with van der Waals surface area (Å²) in [6, 6.07) is 7.45. The second kappa shape index (κ2) is 5.07. The fourth-order valence-electron chi connectivity index (χ4n) is 2.11. The van der Waals surface area contributed by atoms with Gasteiger partial charge in [-0.2, -0.15) is 0 Å². The van der Waals surface area contributed by atoms with Crippen molar-refractivity contribution in [1.29, 1.82) is 0 Å². The third kappa shape index (κ3) is 2.79. The molecule has 0 saturated carbocycles. The molecule has 1 aromatic rings. The van der Waals surface area contributed by atoms with E-state index < -0.39 is 0 Å². The summed E-state index contributed by atoms with van der Waals surface area (Å²) < 4.78 is 5.11. The van der Waals surface area contributed by atoms with E-state index in [2.05, 4.69) is 5.32 Å². The highest BCUT2D eigenvalue weighted by Gasteiger charge is 2.32. The Morgan fingerprint density at radius 1 is 1.47 bits per heavy atom. The van der Waals surface area contributed by atoms with Gasteiger partial charge in [0, 0.05) is 17.5 Å². The molecule has 0 unspecified atom stereocenters. The van der Waals surface area contributed by atoms with E-state index in [9.17, 15) is 4.79 Å². The Bertz CT molecular complexity index is 422. The molecule has 1 aliphatic rings. The number of nitrogens with one attached hydrogen (secondary N) is 1. The van der Waals surface area contributed by atoms with Crippen LogP contribution in [0, 0.1) is 0 Å². The van der Waals surface area contributed by atoms with E-state index in [4.69, 9.17) is 16.3 Å². The average molecular weight is 254 g/mol. The number of rotatable bonds is 3. The molecule has 0 aromatic heterocycles. The minimum absolute atomic E-state index is 0.00144. The maximum atomic E-state index is 11.5. The van der Waals surface area contributed by atoms with E-state index in [1.807, 2.05) is 38.1 Å². The van der Waals surface area contributed by atoms with Crippen LogP contribution in [0.15, 0.2) is 24.3 Å². The number of halogens is 1. The minimum Gasteiger partial charge on any atom is -0.461 e. The largest absolute Gasteiger partial charge is 0.461 e. The molecule has 0 amide bonds. The molecule has 2 rings (SSSR count). The van der Waals surface area contributed by atoms with Gasteiger partial charge in [-0.05, 0) is 25.5 Å². The van der Waals surface area contributed by atoms with Crippen molar-refractivity contribution in [3.05, 3.63) is 34.9 Å². The molecule has 1 aliphatic heterocycles. The van der Waals surface area contributed by atoms with Gasteiger partial charge in [0.2, 0.25) is 0 Å². The van der Waals surface area contributed by atoms with Crippen molar-refractivity contribution in [3.8, 4) is 0 Å². The van der Waals surface area contributed by atoms with Gasteiger partial charge in [-0.3, -0.25) is 10.1 Å². The molecule has 92 valence electrons. The molecule has 0 aliphatic carbocycles. The van der Waals surface area contributed by atoms with Crippen LogP contribution in [0.5, 0.6) is 0 Å². The van der Waals surface area contributed by atoms with E-state index in [0.717, 1.165) is 5.56 Å². The molecule has 1 fully saturated rings. The SMILES string of the molecule is C[C@@H]1C[C@@H](N[C@H](C)c2ccccc2Cl)C(=O)O1. The van der Waals surface area contributed by atoms with E-state index in [0.29, 0.717) is 11.4 Å². The lowest BCUT2D eigenvalue weighted by Gasteiger charge is -2.18. The molecule has 3 atom stereocenters. The molecule has 17 heavy (non-hydrogen) atoms. The predicted molar refractivity (Wildman–Crippen MR) is 67.0 cm³/mol. The van der Waals surface area contributed by atoms with Crippen molar-refractivity contribution in [3.63, 3.8) is 0 Å². The fraction of sp³-hybridized carbons (Fsp3) is 0.462. The van der Waals surface area contributed by atoms with Gasteiger partial charge >= 0.3 is 5.97 Å². The van der Waals surface area contributed by atoms with Crippen molar-refractivity contribution in [2.75, 3.05) is 0 Å². The monoisotopic (exact) mass is 253 g/mol. The van der Waals surface area contributed by atoms with Gasteiger partial charge in [0.15, 0.2) is 0 Å². The first-order valence-corrected chi connectivity index (χ1v) is 6.16. The summed E-state index contributed by atoms with van der Waals surface area (Å²) in [4.78, 5) is 11.5. The minimum atomic E-state index is -0.226. The van der Waals surface area contributed by atoms with E-state index in [1.54, 1.807) is 0 Å². The summed E-state index contributed by atoms with van der Waals surface area (Å²) in [6.45, 7) is 3.90. The van der Waals surface area contributed by atoms with Gasteiger partial charge in [0.25, 0.3) is 0 Å². The van der Waals surface area contributed by atoms with Crippen molar-refractivity contribution < 1.29 is 9.53 Å². The highest BCUT2D eigenvalue weighted by molar-refractivity contribution is 6.31. The molecule has 1 aromatic carbocycles. The smallest absolute Gasteiger partial charge is 0.323 e. The Hall–Kier alpha value is -1.06.